The number of methoxy groups -OCH3 is 1. The van der Waals surface area contributed by atoms with Crippen LogP contribution in [-0.2, 0) is 11.2 Å². The number of aryl methyl sites for hydroxylation is 1. The Kier molecular flexibility index (Phi) is 5.01. The molecule has 1 aromatic rings. The Labute approximate surface area is 103 Å². The first-order chi connectivity index (χ1) is 8.06. The first kappa shape index (κ1) is 13.6. The molecule has 0 aliphatic rings. The average molecular weight is 236 g/mol. The first-order valence-electron chi connectivity index (χ1n) is 5.89. The molecule has 0 spiro atoms. The Morgan fingerprint density at radius 2 is 2.06 bits per heavy atom. The number of carbonyl (C=O) groups is 1. The Morgan fingerprint density at radius 1 is 1.35 bits per heavy atom. The van der Waals surface area contributed by atoms with Crippen molar-refractivity contribution >= 4 is 5.78 Å². The van der Waals surface area contributed by atoms with Crippen LogP contribution in [0.1, 0.15) is 32.8 Å². The maximum atomic E-state index is 11.0. The summed E-state index contributed by atoms with van der Waals surface area (Å²) in [6.07, 6.45) is 1.24. The highest BCUT2D eigenvalue weighted by Crippen LogP contribution is 2.29. The summed E-state index contributed by atoms with van der Waals surface area (Å²) in [5, 5.41) is 0. The molecule has 0 fully saturated rings. The van der Waals surface area contributed by atoms with Gasteiger partial charge in [0.1, 0.15) is 11.9 Å². The van der Waals surface area contributed by atoms with Crippen LogP contribution in [0.3, 0.4) is 0 Å². The molecule has 1 atom stereocenters. The fraction of sp³-hybridized carbons (Fsp3) is 0.500. The van der Waals surface area contributed by atoms with Gasteiger partial charge in [0, 0.05) is 6.42 Å². The van der Waals surface area contributed by atoms with Gasteiger partial charge in [-0.2, -0.15) is 0 Å². The van der Waals surface area contributed by atoms with Crippen LogP contribution in [0.2, 0.25) is 0 Å². The smallest absolute Gasteiger partial charge is 0.161 e. The van der Waals surface area contributed by atoms with E-state index in [9.17, 15) is 4.79 Å². The standard InChI is InChI=1S/C14H20O3/c1-5-12-6-7-13(14(9-12)16-4)17-11(3)8-10(2)15/h6-7,9,11H,5,8H2,1-4H3. The molecule has 0 amide bonds. The lowest BCUT2D eigenvalue weighted by Gasteiger charge is -2.16. The highest BCUT2D eigenvalue weighted by molar-refractivity contribution is 5.75. The van der Waals surface area contributed by atoms with Gasteiger partial charge in [-0.05, 0) is 38.0 Å². The summed E-state index contributed by atoms with van der Waals surface area (Å²) in [5.41, 5.74) is 1.20. The number of carbonyl (C=O) groups excluding carboxylic acids is 1. The lowest BCUT2D eigenvalue weighted by atomic mass is 10.1. The molecule has 3 nitrogen and oxygen atoms in total. The summed E-state index contributed by atoms with van der Waals surface area (Å²) >= 11 is 0. The Bertz CT molecular complexity index is 385. The predicted octanol–water partition coefficient (Wildman–Crippen LogP) is 3.00. The number of hydrogen-bond donors (Lipinski definition) is 0. The minimum atomic E-state index is -0.131. The van der Waals surface area contributed by atoms with Crippen molar-refractivity contribution in [1.29, 1.82) is 0 Å². The third kappa shape index (κ3) is 4.10. The van der Waals surface area contributed by atoms with Crippen LogP contribution < -0.4 is 9.47 Å². The first-order valence-corrected chi connectivity index (χ1v) is 5.89. The van der Waals surface area contributed by atoms with Gasteiger partial charge in [0.15, 0.2) is 11.5 Å². The van der Waals surface area contributed by atoms with E-state index in [2.05, 4.69) is 6.92 Å². The number of Topliss-reactive ketones (excluding diaryl/α,β-unsaturated/α-hetero) is 1. The highest BCUT2D eigenvalue weighted by atomic mass is 16.5. The molecule has 0 bridgehead atoms. The van der Waals surface area contributed by atoms with E-state index in [1.54, 1.807) is 14.0 Å². The second-order valence-corrected chi connectivity index (χ2v) is 4.17. The maximum absolute atomic E-state index is 11.0. The van der Waals surface area contributed by atoms with Gasteiger partial charge in [-0.15, -0.1) is 0 Å². The average Bonchev–Trinajstić information content (AvgIpc) is 2.28. The second-order valence-electron chi connectivity index (χ2n) is 4.17. The molecule has 94 valence electrons. The molecule has 0 aromatic heterocycles. The SMILES string of the molecule is CCc1ccc(OC(C)CC(C)=O)c(OC)c1. The molecule has 1 unspecified atom stereocenters. The van der Waals surface area contributed by atoms with E-state index in [1.165, 1.54) is 5.56 Å². The highest BCUT2D eigenvalue weighted by Gasteiger charge is 2.11. The quantitative estimate of drug-likeness (QED) is 0.761. The van der Waals surface area contributed by atoms with Crippen molar-refractivity contribution in [2.24, 2.45) is 0 Å². The molecular formula is C14H20O3. The third-order valence-electron chi connectivity index (χ3n) is 2.54. The monoisotopic (exact) mass is 236 g/mol. The van der Waals surface area contributed by atoms with Gasteiger partial charge in [-0.25, -0.2) is 0 Å². The minimum Gasteiger partial charge on any atom is -0.493 e. The zero-order valence-corrected chi connectivity index (χ0v) is 10.9. The Hall–Kier alpha value is -1.51. The van der Waals surface area contributed by atoms with Crippen molar-refractivity contribution < 1.29 is 14.3 Å². The van der Waals surface area contributed by atoms with Gasteiger partial charge in [-0.3, -0.25) is 4.79 Å². The summed E-state index contributed by atoms with van der Waals surface area (Å²) in [5.74, 6) is 1.54. The van der Waals surface area contributed by atoms with Gasteiger partial charge >= 0.3 is 0 Å². The normalized spacial score (nSPS) is 12.0. The fourth-order valence-corrected chi connectivity index (χ4v) is 1.69. The molecule has 0 aliphatic heterocycles. The van der Waals surface area contributed by atoms with E-state index >= 15 is 0 Å². The molecule has 0 saturated heterocycles. The molecule has 1 aromatic carbocycles. The van der Waals surface area contributed by atoms with Crippen molar-refractivity contribution in [3.8, 4) is 11.5 Å². The Morgan fingerprint density at radius 3 is 2.59 bits per heavy atom. The van der Waals surface area contributed by atoms with Gasteiger partial charge in [0.2, 0.25) is 0 Å². The third-order valence-corrected chi connectivity index (χ3v) is 2.54. The van der Waals surface area contributed by atoms with Crippen molar-refractivity contribution in [2.75, 3.05) is 7.11 Å². The van der Waals surface area contributed by atoms with Crippen LogP contribution >= 0.6 is 0 Å². The van der Waals surface area contributed by atoms with Crippen molar-refractivity contribution in [3.63, 3.8) is 0 Å². The molecule has 0 heterocycles. The van der Waals surface area contributed by atoms with Crippen LogP contribution in [0.15, 0.2) is 18.2 Å². The van der Waals surface area contributed by atoms with Gasteiger partial charge in [-0.1, -0.05) is 13.0 Å². The number of rotatable bonds is 6. The summed E-state index contributed by atoms with van der Waals surface area (Å²) in [4.78, 5) is 11.0. The van der Waals surface area contributed by atoms with Gasteiger partial charge in [0.25, 0.3) is 0 Å². The van der Waals surface area contributed by atoms with Crippen LogP contribution in [0.25, 0.3) is 0 Å². The molecule has 3 heteroatoms. The van der Waals surface area contributed by atoms with Gasteiger partial charge in [0.05, 0.1) is 7.11 Å². The number of benzene rings is 1. The van der Waals surface area contributed by atoms with E-state index in [-0.39, 0.29) is 11.9 Å². The molecule has 1 rings (SSSR count). The number of ether oxygens (including phenoxy) is 2. The van der Waals surface area contributed by atoms with Crippen LogP contribution in [0.5, 0.6) is 11.5 Å². The maximum Gasteiger partial charge on any atom is 0.161 e. The van der Waals surface area contributed by atoms with E-state index in [0.717, 1.165) is 12.2 Å². The van der Waals surface area contributed by atoms with Crippen LogP contribution in [-0.4, -0.2) is 19.0 Å². The molecular weight excluding hydrogens is 216 g/mol. The van der Waals surface area contributed by atoms with E-state index < -0.39 is 0 Å². The zero-order valence-electron chi connectivity index (χ0n) is 10.9. The van der Waals surface area contributed by atoms with Gasteiger partial charge < -0.3 is 9.47 Å². The van der Waals surface area contributed by atoms with E-state index in [4.69, 9.17) is 9.47 Å². The lowest BCUT2D eigenvalue weighted by Crippen LogP contribution is -2.15. The minimum absolute atomic E-state index is 0.127. The summed E-state index contributed by atoms with van der Waals surface area (Å²) in [7, 11) is 1.62. The van der Waals surface area contributed by atoms with Crippen molar-refractivity contribution in [3.05, 3.63) is 23.8 Å². The van der Waals surface area contributed by atoms with Crippen LogP contribution in [0.4, 0.5) is 0 Å². The second kappa shape index (κ2) is 6.28. The molecule has 0 radical (unpaired) electrons. The topological polar surface area (TPSA) is 35.5 Å². The van der Waals surface area contributed by atoms with E-state index in [0.29, 0.717) is 12.2 Å². The summed E-state index contributed by atoms with van der Waals surface area (Å²) in [6.45, 7) is 5.54. The number of ketones is 1. The van der Waals surface area contributed by atoms with Crippen molar-refractivity contribution in [1.82, 2.24) is 0 Å². The molecule has 0 aliphatic carbocycles. The summed E-state index contributed by atoms with van der Waals surface area (Å²) in [6, 6.07) is 5.88. The van der Waals surface area contributed by atoms with E-state index in [1.807, 2.05) is 25.1 Å². The predicted molar refractivity (Wildman–Crippen MR) is 67.8 cm³/mol. The Balaban J connectivity index is 2.79. The largest absolute Gasteiger partial charge is 0.493 e. The lowest BCUT2D eigenvalue weighted by molar-refractivity contribution is -0.118. The molecule has 17 heavy (non-hydrogen) atoms. The zero-order chi connectivity index (χ0) is 12.8. The number of hydrogen-bond acceptors (Lipinski definition) is 3. The fourth-order valence-electron chi connectivity index (χ4n) is 1.69. The summed E-state index contributed by atoms with van der Waals surface area (Å²) < 4.78 is 11.0. The molecule has 0 N–H and O–H groups in total. The van der Waals surface area contributed by atoms with Crippen LogP contribution in [0, 0.1) is 0 Å². The van der Waals surface area contributed by atoms with Crippen molar-refractivity contribution in [2.45, 2.75) is 39.7 Å². The molecule has 0 saturated carbocycles.